The predicted octanol–water partition coefficient (Wildman–Crippen LogP) is 4.93. The molecule has 2 aromatic carbocycles. The molecule has 0 unspecified atom stereocenters. The Morgan fingerprint density at radius 1 is 1.06 bits per heavy atom. The van der Waals surface area contributed by atoms with Crippen LogP contribution in [0.3, 0.4) is 0 Å². The molecular formula is C21H25N5O7. The summed E-state index contributed by atoms with van der Waals surface area (Å²) in [6, 6.07) is 8.62. The fourth-order valence-electron chi connectivity index (χ4n) is 2.97. The lowest BCUT2D eigenvalue weighted by atomic mass is 10.1. The molecule has 0 aliphatic heterocycles. The summed E-state index contributed by atoms with van der Waals surface area (Å²) in [6.07, 6.45) is 1.94. The van der Waals surface area contributed by atoms with E-state index in [0.29, 0.717) is 12.2 Å². The van der Waals surface area contributed by atoms with Gasteiger partial charge in [-0.15, -0.1) is 5.11 Å². The molecule has 12 nitrogen and oxygen atoms in total. The van der Waals surface area contributed by atoms with Crippen molar-refractivity contribution >= 4 is 34.4 Å². The molecule has 0 aliphatic carbocycles. The standard InChI is InChI=1S/C21H25N5O7/c1-3-4-9-24(10-11-33-14-21(27)28)16-5-7-18(15(2)12-16)22-23-19-8-6-17(25(29)30)13-20(19)26(31)32/h5-8,12-13H,3-4,9-11,14H2,1-2H3,(H,27,28). The highest BCUT2D eigenvalue weighted by Crippen LogP contribution is 2.33. The van der Waals surface area contributed by atoms with Gasteiger partial charge in [-0.25, -0.2) is 4.79 Å². The van der Waals surface area contributed by atoms with Crippen molar-refractivity contribution in [3.8, 4) is 0 Å². The van der Waals surface area contributed by atoms with E-state index >= 15 is 0 Å². The van der Waals surface area contributed by atoms with E-state index in [4.69, 9.17) is 9.84 Å². The minimum absolute atomic E-state index is 0.0887. The summed E-state index contributed by atoms with van der Waals surface area (Å²) in [6.45, 7) is 5.09. The van der Waals surface area contributed by atoms with Gasteiger partial charge in [-0.1, -0.05) is 13.3 Å². The summed E-state index contributed by atoms with van der Waals surface area (Å²) >= 11 is 0. The first-order valence-corrected chi connectivity index (χ1v) is 10.2. The number of carboxylic acids is 1. The van der Waals surface area contributed by atoms with Crippen LogP contribution < -0.4 is 4.90 Å². The van der Waals surface area contributed by atoms with E-state index in [2.05, 4.69) is 22.1 Å². The number of ether oxygens (including phenoxy) is 1. The number of unbranched alkanes of at least 4 members (excludes halogenated alkanes) is 1. The van der Waals surface area contributed by atoms with Gasteiger partial charge in [0.05, 0.1) is 28.2 Å². The van der Waals surface area contributed by atoms with Crippen molar-refractivity contribution in [1.82, 2.24) is 0 Å². The molecule has 12 heteroatoms. The van der Waals surface area contributed by atoms with Crippen molar-refractivity contribution in [2.24, 2.45) is 10.2 Å². The number of azo groups is 1. The molecule has 0 aliphatic rings. The van der Waals surface area contributed by atoms with Gasteiger partial charge >= 0.3 is 11.7 Å². The average molecular weight is 459 g/mol. The highest BCUT2D eigenvalue weighted by molar-refractivity contribution is 5.68. The van der Waals surface area contributed by atoms with Gasteiger partial charge in [0, 0.05) is 24.8 Å². The maximum atomic E-state index is 11.3. The van der Waals surface area contributed by atoms with E-state index in [1.807, 2.05) is 19.1 Å². The lowest BCUT2D eigenvalue weighted by molar-refractivity contribution is -0.393. The van der Waals surface area contributed by atoms with Crippen LogP contribution in [0.15, 0.2) is 46.6 Å². The van der Waals surface area contributed by atoms with Crippen LogP contribution >= 0.6 is 0 Å². The molecule has 0 atom stereocenters. The minimum atomic E-state index is -1.02. The van der Waals surface area contributed by atoms with E-state index in [9.17, 15) is 25.0 Å². The monoisotopic (exact) mass is 459 g/mol. The van der Waals surface area contributed by atoms with Gasteiger partial charge in [-0.2, -0.15) is 5.11 Å². The van der Waals surface area contributed by atoms with Crippen molar-refractivity contribution < 1.29 is 24.5 Å². The third-order valence-electron chi connectivity index (χ3n) is 4.69. The van der Waals surface area contributed by atoms with Crippen molar-refractivity contribution in [2.45, 2.75) is 26.7 Å². The first kappa shape index (κ1) is 25.3. The number of aliphatic carboxylic acids is 1. The van der Waals surface area contributed by atoms with Gasteiger partial charge in [0.15, 0.2) is 5.69 Å². The Labute approximate surface area is 189 Å². The van der Waals surface area contributed by atoms with Crippen LogP contribution in [0.25, 0.3) is 0 Å². The molecule has 176 valence electrons. The number of aryl methyl sites for hydroxylation is 1. The van der Waals surface area contributed by atoms with Crippen LogP contribution in [-0.2, 0) is 9.53 Å². The molecule has 0 saturated heterocycles. The normalized spacial score (nSPS) is 11.0. The van der Waals surface area contributed by atoms with E-state index in [0.717, 1.165) is 42.8 Å². The number of non-ortho nitro benzene ring substituents is 1. The SMILES string of the molecule is CCCCN(CCOCC(=O)O)c1ccc(N=Nc2ccc([N+](=O)[O-])cc2[N+](=O)[O-])c(C)c1. The van der Waals surface area contributed by atoms with Gasteiger partial charge in [0.1, 0.15) is 6.61 Å². The van der Waals surface area contributed by atoms with Crippen molar-refractivity contribution in [2.75, 3.05) is 31.2 Å². The zero-order valence-corrected chi connectivity index (χ0v) is 18.3. The second-order valence-corrected chi connectivity index (χ2v) is 7.14. The molecule has 0 radical (unpaired) electrons. The Morgan fingerprint density at radius 2 is 1.76 bits per heavy atom. The summed E-state index contributed by atoms with van der Waals surface area (Å²) in [4.78, 5) is 33.4. The Morgan fingerprint density at radius 3 is 2.36 bits per heavy atom. The van der Waals surface area contributed by atoms with Crippen molar-refractivity contribution in [1.29, 1.82) is 0 Å². The van der Waals surface area contributed by atoms with Gasteiger partial charge in [-0.05, 0) is 43.2 Å². The zero-order chi connectivity index (χ0) is 24.4. The first-order valence-electron chi connectivity index (χ1n) is 10.2. The van der Waals surface area contributed by atoms with Gasteiger partial charge < -0.3 is 14.7 Å². The van der Waals surface area contributed by atoms with Crippen molar-refractivity contribution in [3.63, 3.8) is 0 Å². The molecule has 2 aromatic rings. The Hall–Kier alpha value is -3.93. The number of hydrogen-bond donors (Lipinski definition) is 1. The molecule has 2 rings (SSSR count). The van der Waals surface area contributed by atoms with Crippen LogP contribution in [0.5, 0.6) is 0 Å². The fourth-order valence-corrected chi connectivity index (χ4v) is 2.97. The second-order valence-electron chi connectivity index (χ2n) is 7.14. The smallest absolute Gasteiger partial charge is 0.329 e. The number of benzene rings is 2. The van der Waals surface area contributed by atoms with Crippen LogP contribution in [0.2, 0.25) is 0 Å². The van der Waals surface area contributed by atoms with Crippen LogP contribution in [0.1, 0.15) is 25.3 Å². The summed E-state index contributed by atoms with van der Waals surface area (Å²) in [5, 5.41) is 38.8. The van der Waals surface area contributed by atoms with Crippen LogP contribution in [-0.4, -0.2) is 47.2 Å². The maximum absolute atomic E-state index is 11.3. The number of nitro groups is 2. The molecule has 0 amide bonds. The molecule has 0 bridgehead atoms. The number of rotatable bonds is 13. The van der Waals surface area contributed by atoms with E-state index < -0.39 is 27.2 Å². The summed E-state index contributed by atoms with van der Waals surface area (Å²) in [7, 11) is 0. The number of anilines is 1. The van der Waals surface area contributed by atoms with E-state index in [1.165, 1.54) is 6.07 Å². The fraction of sp³-hybridized carbons (Fsp3) is 0.381. The maximum Gasteiger partial charge on any atom is 0.329 e. The number of nitrogens with zero attached hydrogens (tertiary/aromatic N) is 5. The number of carboxylic acid groups (broad SMARTS) is 1. The molecular weight excluding hydrogens is 434 g/mol. The van der Waals surface area contributed by atoms with E-state index in [1.54, 1.807) is 6.07 Å². The first-order chi connectivity index (χ1) is 15.7. The highest BCUT2D eigenvalue weighted by Gasteiger charge is 2.19. The Bertz CT molecular complexity index is 1040. The van der Waals surface area contributed by atoms with Gasteiger partial charge in [-0.3, -0.25) is 20.2 Å². The Kier molecular flexibility index (Phi) is 9.36. The number of carbonyl (C=O) groups is 1. The van der Waals surface area contributed by atoms with Crippen LogP contribution in [0.4, 0.5) is 28.4 Å². The summed E-state index contributed by atoms with van der Waals surface area (Å²) < 4.78 is 5.15. The highest BCUT2D eigenvalue weighted by atomic mass is 16.6. The number of nitro benzene ring substituents is 2. The van der Waals surface area contributed by atoms with Crippen LogP contribution in [0, 0.1) is 27.2 Å². The van der Waals surface area contributed by atoms with E-state index in [-0.39, 0.29) is 18.9 Å². The molecule has 0 saturated carbocycles. The minimum Gasteiger partial charge on any atom is -0.480 e. The third-order valence-corrected chi connectivity index (χ3v) is 4.69. The lowest BCUT2D eigenvalue weighted by Gasteiger charge is -2.25. The average Bonchev–Trinajstić information content (AvgIpc) is 2.77. The number of hydrogen-bond acceptors (Lipinski definition) is 9. The quantitative estimate of drug-likeness (QED) is 0.191. The summed E-state index contributed by atoms with van der Waals surface area (Å²) in [5.41, 5.74) is 1.17. The molecule has 33 heavy (non-hydrogen) atoms. The molecule has 1 N–H and O–H groups in total. The van der Waals surface area contributed by atoms with Gasteiger partial charge in [0.2, 0.25) is 0 Å². The second kappa shape index (κ2) is 12.2. The Balaban J connectivity index is 2.21. The van der Waals surface area contributed by atoms with Crippen molar-refractivity contribution in [3.05, 3.63) is 62.2 Å². The largest absolute Gasteiger partial charge is 0.480 e. The predicted molar refractivity (Wildman–Crippen MR) is 121 cm³/mol. The van der Waals surface area contributed by atoms with Gasteiger partial charge in [0.25, 0.3) is 5.69 Å². The lowest BCUT2D eigenvalue weighted by Crippen LogP contribution is -2.29. The topological polar surface area (TPSA) is 161 Å². The summed E-state index contributed by atoms with van der Waals surface area (Å²) in [5.74, 6) is -1.02. The molecule has 0 spiro atoms. The zero-order valence-electron chi connectivity index (χ0n) is 18.3. The third kappa shape index (κ3) is 7.61. The molecule has 0 aromatic heterocycles. The molecule has 0 heterocycles. The molecule has 0 fully saturated rings.